The molecule has 11 heteroatoms. The maximum absolute atomic E-state index is 13.4. The van der Waals surface area contributed by atoms with Gasteiger partial charge in [-0.05, 0) is 12.1 Å². The zero-order valence-electron chi connectivity index (χ0n) is 16.2. The highest BCUT2D eigenvalue weighted by atomic mass is 19.4. The van der Waals surface area contributed by atoms with Gasteiger partial charge in [-0.1, -0.05) is 0 Å². The maximum atomic E-state index is 13.4. The standard InChI is InChI=1S/C19H20F3N5O3/c1-25-11-15(13-8-12(19(20,21)22)9-16-14(13)10-23-24-16)17(28)27(18(25)29)3-2-26-4-6-30-7-5-26/h8-11H,2-7H2,1H3,(H,23,24). The molecule has 1 aliphatic heterocycles. The molecule has 160 valence electrons. The molecule has 30 heavy (non-hydrogen) atoms. The fraction of sp³-hybridized carbons (Fsp3) is 0.421. The molecule has 3 aromatic rings. The number of rotatable bonds is 4. The minimum absolute atomic E-state index is 0.0107. The average Bonchev–Trinajstić information content (AvgIpc) is 3.19. The predicted octanol–water partition coefficient (Wildman–Crippen LogP) is 1.44. The Morgan fingerprint density at radius 2 is 1.87 bits per heavy atom. The number of hydrogen-bond acceptors (Lipinski definition) is 5. The van der Waals surface area contributed by atoms with Crippen LogP contribution < -0.4 is 11.2 Å². The van der Waals surface area contributed by atoms with Crippen molar-refractivity contribution in [3.63, 3.8) is 0 Å². The van der Waals surface area contributed by atoms with E-state index in [0.717, 1.165) is 16.7 Å². The Kier molecular flexibility index (Phi) is 5.24. The number of alkyl halides is 3. The fourth-order valence-electron chi connectivity index (χ4n) is 3.61. The van der Waals surface area contributed by atoms with Crippen LogP contribution in [0.15, 0.2) is 34.1 Å². The monoisotopic (exact) mass is 423 g/mol. The molecule has 0 aliphatic carbocycles. The molecule has 0 unspecified atom stereocenters. The molecule has 0 atom stereocenters. The summed E-state index contributed by atoms with van der Waals surface area (Å²) in [5.41, 5.74) is -1.80. The van der Waals surface area contributed by atoms with Crippen molar-refractivity contribution in [1.82, 2.24) is 24.2 Å². The Morgan fingerprint density at radius 3 is 2.57 bits per heavy atom. The lowest BCUT2D eigenvalue weighted by atomic mass is 10.0. The quantitative estimate of drug-likeness (QED) is 0.687. The van der Waals surface area contributed by atoms with E-state index in [1.54, 1.807) is 0 Å². The van der Waals surface area contributed by atoms with Gasteiger partial charge in [0.15, 0.2) is 0 Å². The summed E-state index contributed by atoms with van der Waals surface area (Å²) >= 11 is 0. The van der Waals surface area contributed by atoms with Crippen molar-refractivity contribution in [1.29, 1.82) is 0 Å². The first-order chi connectivity index (χ1) is 14.3. The highest BCUT2D eigenvalue weighted by Gasteiger charge is 2.32. The Hall–Kier alpha value is -2.92. The zero-order chi connectivity index (χ0) is 21.5. The summed E-state index contributed by atoms with van der Waals surface area (Å²) in [5.74, 6) is 0. The average molecular weight is 423 g/mol. The molecule has 3 heterocycles. The van der Waals surface area contributed by atoms with E-state index in [-0.39, 0.29) is 23.2 Å². The maximum Gasteiger partial charge on any atom is 0.416 e. The number of H-pyrrole nitrogens is 1. The van der Waals surface area contributed by atoms with Crippen LogP contribution in [0.3, 0.4) is 0 Å². The molecule has 0 radical (unpaired) electrons. The van der Waals surface area contributed by atoms with E-state index in [9.17, 15) is 22.8 Å². The Bertz CT molecular complexity index is 1190. The van der Waals surface area contributed by atoms with Crippen LogP contribution in [0.25, 0.3) is 22.0 Å². The molecule has 1 saturated heterocycles. The van der Waals surface area contributed by atoms with Gasteiger partial charge in [-0.2, -0.15) is 18.3 Å². The van der Waals surface area contributed by atoms with Crippen LogP contribution in [-0.4, -0.2) is 57.1 Å². The predicted molar refractivity (Wildman–Crippen MR) is 103 cm³/mol. The number of nitrogens with one attached hydrogen (secondary N) is 1. The number of aromatic amines is 1. The topological polar surface area (TPSA) is 85.2 Å². The number of hydrogen-bond donors (Lipinski definition) is 1. The summed E-state index contributed by atoms with van der Waals surface area (Å²) in [6, 6.07) is 1.87. The van der Waals surface area contributed by atoms with Gasteiger partial charge >= 0.3 is 11.9 Å². The first-order valence-corrected chi connectivity index (χ1v) is 9.41. The van der Waals surface area contributed by atoms with Crippen molar-refractivity contribution in [2.24, 2.45) is 7.05 Å². The number of aryl methyl sites for hydroxylation is 1. The van der Waals surface area contributed by atoms with Crippen LogP contribution in [0.4, 0.5) is 13.2 Å². The second kappa shape index (κ2) is 7.73. The molecule has 2 aromatic heterocycles. The highest BCUT2D eigenvalue weighted by molar-refractivity contribution is 5.94. The number of aromatic nitrogens is 4. The first kappa shape index (κ1) is 20.4. The van der Waals surface area contributed by atoms with Gasteiger partial charge in [0, 0.05) is 50.4 Å². The summed E-state index contributed by atoms with van der Waals surface area (Å²) in [5, 5.41) is 6.71. The van der Waals surface area contributed by atoms with Crippen LogP contribution in [-0.2, 0) is 24.5 Å². The Morgan fingerprint density at radius 1 is 1.13 bits per heavy atom. The largest absolute Gasteiger partial charge is 0.416 e. The van der Waals surface area contributed by atoms with E-state index in [1.165, 1.54) is 24.0 Å². The number of benzene rings is 1. The molecule has 0 amide bonds. The SMILES string of the molecule is Cn1cc(-c2cc(C(F)(F)F)cc3[nH]ncc23)c(=O)n(CCN2CCOCC2)c1=O. The lowest BCUT2D eigenvalue weighted by Crippen LogP contribution is -2.44. The van der Waals surface area contributed by atoms with E-state index in [4.69, 9.17) is 4.74 Å². The molecule has 4 rings (SSSR count). The van der Waals surface area contributed by atoms with E-state index >= 15 is 0 Å². The van der Waals surface area contributed by atoms with Gasteiger partial charge in [-0.3, -0.25) is 19.4 Å². The molecule has 1 N–H and O–H groups in total. The van der Waals surface area contributed by atoms with Crippen molar-refractivity contribution in [2.45, 2.75) is 12.7 Å². The zero-order valence-corrected chi connectivity index (χ0v) is 16.2. The lowest BCUT2D eigenvalue weighted by Gasteiger charge is -2.26. The highest BCUT2D eigenvalue weighted by Crippen LogP contribution is 2.35. The third kappa shape index (κ3) is 3.77. The second-order valence-corrected chi connectivity index (χ2v) is 7.20. The molecule has 1 aromatic carbocycles. The minimum atomic E-state index is -4.59. The second-order valence-electron chi connectivity index (χ2n) is 7.20. The molecular formula is C19H20F3N5O3. The van der Waals surface area contributed by atoms with Crippen LogP contribution in [0.5, 0.6) is 0 Å². The number of ether oxygens (including phenoxy) is 1. The van der Waals surface area contributed by atoms with Gasteiger partial charge in [0.25, 0.3) is 5.56 Å². The summed E-state index contributed by atoms with van der Waals surface area (Å²) in [6.45, 7) is 3.14. The smallest absolute Gasteiger partial charge is 0.379 e. The summed E-state index contributed by atoms with van der Waals surface area (Å²) in [4.78, 5) is 27.8. The summed E-state index contributed by atoms with van der Waals surface area (Å²) in [7, 11) is 1.47. The third-order valence-corrected chi connectivity index (χ3v) is 5.25. The number of nitrogens with zero attached hydrogens (tertiary/aromatic N) is 4. The van der Waals surface area contributed by atoms with Gasteiger partial charge in [-0.25, -0.2) is 4.79 Å². The van der Waals surface area contributed by atoms with Gasteiger partial charge in [0.1, 0.15) is 0 Å². The van der Waals surface area contributed by atoms with E-state index in [0.29, 0.717) is 38.2 Å². The van der Waals surface area contributed by atoms with E-state index in [2.05, 4.69) is 15.1 Å². The van der Waals surface area contributed by atoms with Crippen molar-refractivity contribution < 1.29 is 17.9 Å². The number of morpholine rings is 1. The number of halogens is 3. The molecule has 0 bridgehead atoms. The van der Waals surface area contributed by atoms with Crippen molar-refractivity contribution >= 4 is 10.9 Å². The fourth-order valence-corrected chi connectivity index (χ4v) is 3.61. The van der Waals surface area contributed by atoms with E-state index in [1.807, 2.05) is 0 Å². The number of fused-ring (bicyclic) bond motifs is 1. The Labute approximate surface area is 168 Å². The van der Waals surface area contributed by atoms with Gasteiger partial charge < -0.3 is 9.30 Å². The van der Waals surface area contributed by atoms with Crippen molar-refractivity contribution in [3.05, 3.63) is 50.9 Å². The Balaban J connectivity index is 1.82. The van der Waals surface area contributed by atoms with Gasteiger partial charge in [0.05, 0.1) is 36.1 Å². The summed E-state index contributed by atoms with van der Waals surface area (Å²) < 4.78 is 47.7. The van der Waals surface area contributed by atoms with Crippen LogP contribution in [0, 0.1) is 0 Å². The molecule has 0 spiro atoms. The molecule has 8 nitrogen and oxygen atoms in total. The van der Waals surface area contributed by atoms with E-state index < -0.39 is 23.0 Å². The van der Waals surface area contributed by atoms with Crippen molar-refractivity contribution in [2.75, 3.05) is 32.8 Å². The summed E-state index contributed by atoms with van der Waals surface area (Å²) in [6.07, 6.45) is -1.95. The van der Waals surface area contributed by atoms with Crippen LogP contribution in [0.1, 0.15) is 5.56 Å². The first-order valence-electron chi connectivity index (χ1n) is 9.41. The van der Waals surface area contributed by atoms with Gasteiger partial charge in [-0.15, -0.1) is 0 Å². The van der Waals surface area contributed by atoms with Crippen LogP contribution >= 0.6 is 0 Å². The molecule has 1 fully saturated rings. The van der Waals surface area contributed by atoms with Gasteiger partial charge in [0.2, 0.25) is 0 Å². The molecule has 1 aliphatic rings. The van der Waals surface area contributed by atoms with Crippen molar-refractivity contribution in [3.8, 4) is 11.1 Å². The minimum Gasteiger partial charge on any atom is -0.379 e. The van der Waals surface area contributed by atoms with Crippen LogP contribution in [0.2, 0.25) is 0 Å². The molecular weight excluding hydrogens is 403 g/mol. The molecule has 0 saturated carbocycles. The lowest BCUT2D eigenvalue weighted by molar-refractivity contribution is -0.137. The third-order valence-electron chi connectivity index (χ3n) is 5.25. The normalized spacial score (nSPS) is 15.7.